The number of nitrogens with zero attached hydrogens (tertiary/aromatic N) is 2. The van der Waals surface area contributed by atoms with Crippen molar-refractivity contribution in [1.82, 2.24) is 4.98 Å². The maximum absolute atomic E-state index is 11.2. The van der Waals surface area contributed by atoms with Crippen molar-refractivity contribution in [2.24, 2.45) is 0 Å². The Balaban J connectivity index is 2.25. The Morgan fingerprint density at radius 2 is 2.00 bits per heavy atom. The highest BCUT2D eigenvalue weighted by Crippen LogP contribution is 2.29. The molecule has 0 saturated carbocycles. The first-order valence-electron chi connectivity index (χ1n) is 6.70. The summed E-state index contributed by atoms with van der Waals surface area (Å²) < 4.78 is 5.14. The number of aldehydes is 1. The predicted molar refractivity (Wildman–Crippen MR) is 83.8 cm³/mol. The van der Waals surface area contributed by atoms with Crippen molar-refractivity contribution >= 4 is 17.2 Å². The van der Waals surface area contributed by atoms with Gasteiger partial charge < -0.3 is 4.74 Å². The number of carbonyl (C=O) groups excluding carboxylic acids is 1. The molecule has 1 heterocycles. The zero-order valence-corrected chi connectivity index (χ0v) is 11.9. The largest absolute Gasteiger partial charge is 0.496 e. The Hall–Kier alpha value is -3.19. The number of rotatable bonds is 3. The van der Waals surface area contributed by atoms with E-state index in [2.05, 4.69) is 11.1 Å². The zero-order chi connectivity index (χ0) is 15.5. The first-order chi connectivity index (χ1) is 10.8. The molecule has 0 aliphatic carbocycles. The van der Waals surface area contributed by atoms with Gasteiger partial charge in [0.1, 0.15) is 17.5 Å². The number of nitriles is 1. The zero-order valence-electron chi connectivity index (χ0n) is 11.9. The first-order valence-corrected chi connectivity index (χ1v) is 6.70. The highest BCUT2D eigenvalue weighted by atomic mass is 16.5. The third kappa shape index (κ3) is 2.29. The van der Waals surface area contributed by atoms with Crippen LogP contribution in [0.5, 0.6) is 5.75 Å². The fraction of sp³-hybridized carbons (Fsp3) is 0.0556. The number of hydrogen-bond donors (Lipinski definition) is 0. The van der Waals surface area contributed by atoms with Crippen molar-refractivity contribution < 1.29 is 9.53 Å². The third-order valence-corrected chi connectivity index (χ3v) is 3.50. The van der Waals surface area contributed by atoms with E-state index in [4.69, 9.17) is 4.74 Å². The molecule has 2 aromatic carbocycles. The number of benzene rings is 2. The molecule has 3 aromatic rings. The second-order valence-electron chi connectivity index (χ2n) is 4.76. The maximum atomic E-state index is 11.2. The molecule has 0 aliphatic rings. The molecule has 0 unspecified atom stereocenters. The Bertz CT molecular complexity index is 911. The van der Waals surface area contributed by atoms with Crippen LogP contribution in [0.15, 0.2) is 48.5 Å². The Morgan fingerprint density at radius 1 is 1.18 bits per heavy atom. The summed E-state index contributed by atoms with van der Waals surface area (Å²) in [6.07, 6.45) is 0.739. The van der Waals surface area contributed by atoms with Crippen molar-refractivity contribution in [3.8, 4) is 22.9 Å². The van der Waals surface area contributed by atoms with Crippen LogP contribution in [0, 0.1) is 11.3 Å². The van der Waals surface area contributed by atoms with Crippen LogP contribution < -0.4 is 4.74 Å². The summed E-state index contributed by atoms with van der Waals surface area (Å²) in [5, 5.41) is 10.3. The fourth-order valence-electron chi connectivity index (χ4n) is 2.42. The lowest BCUT2D eigenvalue weighted by Gasteiger charge is -2.09. The number of ether oxygens (including phenoxy) is 1. The minimum absolute atomic E-state index is 0.334. The van der Waals surface area contributed by atoms with Gasteiger partial charge in [-0.1, -0.05) is 24.3 Å². The number of para-hydroxylation sites is 1. The average molecular weight is 288 g/mol. The molecule has 0 amide bonds. The van der Waals surface area contributed by atoms with E-state index < -0.39 is 0 Å². The van der Waals surface area contributed by atoms with Gasteiger partial charge in [-0.25, -0.2) is 4.98 Å². The van der Waals surface area contributed by atoms with Crippen molar-refractivity contribution in [2.45, 2.75) is 0 Å². The van der Waals surface area contributed by atoms with Crippen LogP contribution >= 0.6 is 0 Å². The topological polar surface area (TPSA) is 63.0 Å². The van der Waals surface area contributed by atoms with Gasteiger partial charge in [-0.2, -0.15) is 5.26 Å². The first kappa shape index (κ1) is 13.8. The second kappa shape index (κ2) is 5.66. The van der Waals surface area contributed by atoms with Gasteiger partial charge in [-0.3, -0.25) is 4.79 Å². The molecule has 0 N–H and O–H groups in total. The minimum Gasteiger partial charge on any atom is -0.496 e. The van der Waals surface area contributed by atoms with Gasteiger partial charge in [-0.15, -0.1) is 0 Å². The smallest absolute Gasteiger partial charge is 0.153 e. The van der Waals surface area contributed by atoms with E-state index >= 15 is 0 Å². The van der Waals surface area contributed by atoms with Gasteiger partial charge >= 0.3 is 0 Å². The van der Waals surface area contributed by atoms with Crippen LogP contribution in [-0.2, 0) is 0 Å². The fourth-order valence-corrected chi connectivity index (χ4v) is 2.42. The van der Waals surface area contributed by atoms with Crippen molar-refractivity contribution in [3.05, 3.63) is 59.8 Å². The monoisotopic (exact) mass is 288 g/mol. The molecular weight excluding hydrogens is 276 g/mol. The number of methoxy groups -OCH3 is 1. The molecule has 0 fully saturated rings. The van der Waals surface area contributed by atoms with Crippen LogP contribution in [0.25, 0.3) is 22.0 Å². The normalized spacial score (nSPS) is 10.2. The molecule has 3 rings (SSSR count). The van der Waals surface area contributed by atoms with Crippen LogP contribution in [0.4, 0.5) is 0 Å². The number of hydrogen-bond acceptors (Lipinski definition) is 4. The quantitative estimate of drug-likeness (QED) is 0.691. The predicted octanol–water partition coefficient (Wildman–Crippen LogP) is 3.59. The van der Waals surface area contributed by atoms with Gasteiger partial charge in [0, 0.05) is 10.9 Å². The summed E-state index contributed by atoms with van der Waals surface area (Å²) >= 11 is 0. The summed E-state index contributed by atoms with van der Waals surface area (Å²) in [5.74, 6) is 0.506. The summed E-state index contributed by atoms with van der Waals surface area (Å²) in [7, 11) is 1.51. The van der Waals surface area contributed by atoms with Gasteiger partial charge in [-0.05, 0) is 29.8 Å². The number of fused-ring (bicyclic) bond motifs is 1. The number of carbonyl (C=O) groups is 1. The number of aromatic nitrogens is 1. The molecule has 4 nitrogen and oxygen atoms in total. The Labute approximate surface area is 127 Å². The standard InChI is InChI=1S/C18H12N2O2/c1-22-18-7-6-12(8-14(18)11-21)15-9-13-4-2-3-5-16(13)20-17(15)10-19/h2-9,11H,1H3. The lowest BCUT2D eigenvalue weighted by Crippen LogP contribution is -1.94. The van der Waals surface area contributed by atoms with E-state index in [1.165, 1.54) is 7.11 Å². The summed E-state index contributed by atoms with van der Waals surface area (Å²) in [6, 6.07) is 16.9. The Morgan fingerprint density at radius 3 is 2.73 bits per heavy atom. The van der Waals surface area contributed by atoms with E-state index in [-0.39, 0.29) is 0 Å². The molecule has 0 atom stereocenters. The Kier molecular flexibility index (Phi) is 3.55. The van der Waals surface area contributed by atoms with Crippen LogP contribution in [0.2, 0.25) is 0 Å². The van der Waals surface area contributed by atoms with Crippen molar-refractivity contribution in [3.63, 3.8) is 0 Å². The summed E-state index contributed by atoms with van der Waals surface area (Å²) in [4.78, 5) is 15.6. The molecule has 0 radical (unpaired) electrons. The highest BCUT2D eigenvalue weighted by Gasteiger charge is 2.11. The number of pyridine rings is 1. The van der Waals surface area contributed by atoms with Crippen LogP contribution in [0.3, 0.4) is 0 Å². The SMILES string of the molecule is COc1ccc(-c2cc3ccccc3nc2C#N)cc1C=O. The molecule has 106 valence electrons. The van der Waals surface area contributed by atoms with Gasteiger partial charge in [0.25, 0.3) is 0 Å². The second-order valence-corrected chi connectivity index (χ2v) is 4.76. The summed E-state index contributed by atoms with van der Waals surface area (Å²) in [5.41, 5.74) is 3.01. The maximum Gasteiger partial charge on any atom is 0.153 e. The molecule has 0 bridgehead atoms. The molecular formula is C18H12N2O2. The van der Waals surface area contributed by atoms with Gasteiger partial charge in [0.15, 0.2) is 6.29 Å². The molecule has 22 heavy (non-hydrogen) atoms. The van der Waals surface area contributed by atoms with Crippen LogP contribution in [-0.4, -0.2) is 18.4 Å². The van der Waals surface area contributed by atoms with E-state index in [0.29, 0.717) is 22.6 Å². The molecule has 4 heteroatoms. The van der Waals surface area contributed by atoms with Crippen LogP contribution in [0.1, 0.15) is 16.1 Å². The van der Waals surface area contributed by atoms with Gasteiger partial charge in [0.2, 0.25) is 0 Å². The summed E-state index contributed by atoms with van der Waals surface area (Å²) in [6.45, 7) is 0. The third-order valence-electron chi connectivity index (χ3n) is 3.50. The minimum atomic E-state index is 0.334. The molecule has 0 spiro atoms. The average Bonchev–Trinajstić information content (AvgIpc) is 2.59. The molecule has 0 aliphatic heterocycles. The lowest BCUT2D eigenvalue weighted by atomic mass is 9.99. The molecule has 1 aromatic heterocycles. The van der Waals surface area contributed by atoms with E-state index in [9.17, 15) is 10.1 Å². The molecule has 0 saturated heterocycles. The van der Waals surface area contributed by atoms with Crippen molar-refractivity contribution in [1.29, 1.82) is 5.26 Å². The lowest BCUT2D eigenvalue weighted by molar-refractivity contribution is 0.112. The van der Waals surface area contributed by atoms with Gasteiger partial charge in [0.05, 0.1) is 18.2 Å². The highest BCUT2D eigenvalue weighted by molar-refractivity contribution is 5.88. The van der Waals surface area contributed by atoms with E-state index in [0.717, 1.165) is 22.8 Å². The van der Waals surface area contributed by atoms with E-state index in [1.807, 2.05) is 36.4 Å². The van der Waals surface area contributed by atoms with E-state index in [1.54, 1.807) is 12.1 Å². The van der Waals surface area contributed by atoms with Crippen molar-refractivity contribution in [2.75, 3.05) is 7.11 Å².